The largest absolute Gasteiger partial charge is 0.489 e. The second kappa shape index (κ2) is 7.55. The third-order valence-electron chi connectivity index (χ3n) is 3.61. The average Bonchev–Trinajstić information content (AvgIpc) is 2.99. The van der Waals surface area contributed by atoms with Gasteiger partial charge in [-0.05, 0) is 63.1 Å². The number of rotatable bonds is 6. The molecule has 0 aliphatic heterocycles. The molecule has 4 nitrogen and oxygen atoms in total. The summed E-state index contributed by atoms with van der Waals surface area (Å²) in [6, 6.07) is 9.28. The lowest BCUT2D eigenvalue weighted by Gasteiger charge is -2.16. The first-order valence-electron chi connectivity index (χ1n) is 7.62. The Hall–Kier alpha value is -1.94. The minimum Gasteiger partial charge on any atom is -0.489 e. The zero-order valence-electron chi connectivity index (χ0n) is 13.9. The Kier molecular flexibility index (Phi) is 5.72. The van der Waals surface area contributed by atoms with E-state index in [-0.39, 0.29) is 23.1 Å². The van der Waals surface area contributed by atoms with Crippen molar-refractivity contribution in [3.05, 3.63) is 53.0 Å². The van der Waals surface area contributed by atoms with E-state index in [4.69, 9.17) is 20.8 Å². The number of aryl methyl sites for hydroxylation is 2. The van der Waals surface area contributed by atoms with Gasteiger partial charge in [-0.1, -0.05) is 6.07 Å². The van der Waals surface area contributed by atoms with E-state index < -0.39 is 0 Å². The highest BCUT2D eigenvalue weighted by atomic mass is 35.5. The van der Waals surface area contributed by atoms with E-state index in [0.29, 0.717) is 12.3 Å². The Morgan fingerprint density at radius 3 is 2.57 bits per heavy atom. The molecular formula is C18H22ClNO3. The first kappa shape index (κ1) is 17.4. The number of benzene rings is 1. The van der Waals surface area contributed by atoms with E-state index in [1.165, 1.54) is 11.1 Å². The van der Waals surface area contributed by atoms with Crippen LogP contribution < -0.4 is 10.1 Å². The molecule has 0 saturated heterocycles. The van der Waals surface area contributed by atoms with Crippen LogP contribution in [-0.4, -0.2) is 18.6 Å². The lowest BCUT2D eigenvalue weighted by atomic mass is 10.1. The van der Waals surface area contributed by atoms with Crippen molar-refractivity contribution < 1.29 is 13.9 Å². The van der Waals surface area contributed by atoms with Crippen LogP contribution in [0.4, 0.5) is 0 Å². The van der Waals surface area contributed by atoms with Crippen LogP contribution >= 0.6 is 11.6 Å². The Balaban J connectivity index is 1.86. The second-order valence-electron chi connectivity index (χ2n) is 5.70. The maximum Gasteiger partial charge on any atom is 0.287 e. The van der Waals surface area contributed by atoms with Crippen LogP contribution in [0.15, 0.2) is 34.7 Å². The van der Waals surface area contributed by atoms with Gasteiger partial charge in [0.2, 0.25) is 0 Å². The van der Waals surface area contributed by atoms with Gasteiger partial charge in [0, 0.05) is 0 Å². The van der Waals surface area contributed by atoms with E-state index in [2.05, 4.69) is 12.2 Å². The summed E-state index contributed by atoms with van der Waals surface area (Å²) in [5.74, 6) is 1.36. The van der Waals surface area contributed by atoms with Gasteiger partial charge in [0.05, 0.1) is 11.9 Å². The van der Waals surface area contributed by atoms with Crippen molar-refractivity contribution in [2.45, 2.75) is 39.2 Å². The molecular weight excluding hydrogens is 314 g/mol. The Morgan fingerprint density at radius 1 is 1.22 bits per heavy atom. The number of halogens is 1. The summed E-state index contributed by atoms with van der Waals surface area (Å²) < 4.78 is 11.2. The van der Waals surface area contributed by atoms with Crippen molar-refractivity contribution >= 4 is 17.5 Å². The smallest absolute Gasteiger partial charge is 0.287 e. The van der Waals surface area contributed by atoms with Crippen LogP contribution in [0.5, 0.6) is 5.75 Å². The summed E-state index contributed by atoms with van der Waals surface area (Å²) in [6.45, 7) is 8.19. The number of carbonyl (C=O) groups is 1. The second-order valence-corrected chi connectivity index (χ2v) is 6.36. The minimum absolute atomic E-state index is 0.151. The quantitative estimate of drug-likeness (QED) is 0.796. The van der Waals surface area contributed by atoms with E-state index >= 15 is 0 Å². The van der Waals surface area contributed by atoms with Gasteiger partial charge < -0.3 is 14.5 Å². The third-order valence-corrected chi connectivity index (χ3v) is 3.82. The van der Waals surface area contributed by atoms with Crippen molar-refractivity contribution in [3.63, 3.8) is 0 Å². The molecule has 0 saturated carbocycles. The molecule has 2 unspecified atom stereocenters. The highest BCUT2D eigenvalue weighted by Gasteiger charge is 2.15. The third kappa shape index (κ3) is 4.76. The molecule has 2 rings (SSSR count). The van der Waals surface area contributed by atoms with Gasteiger partial charge in [-0.15, -0.1) is 11.6 Å². The van der Waals surface area contributed by atoms with E-state index in [1.807, 2.05) is 32.0 Å². The fourth-order valence-corrected chi connectivity index (χ4v) is 2.19. The maximum atomic E-state index is 12.0. The number of amides is 1. The van der Waals surface area contributed by atoms with Crippen molar-refractivity contribution in [1.29, 1.82) is 0 Å². The SMILES string of the molecule is Cc1ccc(OC(C)CNC(=O)c2ccc(C(C)Cl)o2)cc1C. The lowest BCUT2D eigenvalue weighted by Crippen LogP contribution is -2.33. The number of hydrogen-bond donors (Lipinski definition) is 1. The molecule has 0 aliphatic rings. The van der Waals surface area contributed by atoms with Gasteiger partial charge in [0.1, 0.15) is 17.6 Å². The fraction of sp³-hybridized carbons (Fsp3) is 0.389. The topological polar surface area (TPSA) is 51.5 Å². The zero-order valence-corrected chi connectivity index (χ0v) is 14.6. The summed E-state index contributed by atoms with van der Waals surface area (Å²) in [7, 11) is 0. The number of carbonyl (C=O) groups excluding carboxylic acids is 1. The van der Waals surface area contributed by atoms with Crippen LogP contribution in [0.2, 0.25) is 0 Å². The zero-order chi connectivity index (χ0) is 17.0. The first-order valence-corrected chi connectivity index (χ1v) is 8.06. The molecule has 1 N–H and O–H groups in total. The van der Waals surface area contributed by atoms with Crippen LogP contribution in [0.1, 0.15) is 46.7 Å². The molecule has 1 aromatic heterocycles. The number of ether oxygens (including phenoxy) is 1. The van der Waals surface area contributed by atoms with Gasteiger partial charge in [0.25, 0.3) is 5.91 Å². The maximum absolute atomic E-state index is 12.0. The summed E-state index contributed by atoms with van der Waals surface area (Å²) in [4.78, 5) is 12.0. The highest BCUT2D eigenvalue weighted by Crippen LogP contribution is 2.21. The Bertz CT molecular complexity index is 679. The molecule has 0 aliphatic carbocycles. The van der Waals surface area contributed by atoms with Crippen molar-refractivity contribution in [3.8, 4) is 5.75 Å². The number of furan rings is 1. The Morgan fingerprint density at radius 2 is 1.96 bits per heavy atom. The monoisotopic (exact) mass is 335 g/mol. The Labute approximate surface area is 141 Å². The molecule has 5 heteroatoms. The standard InChI is InChI=1S/C18H22ClNO3/c1-11-5-6-15(9-12(11)2)22-13(3)10-20-18(21)17-8-7-16(23-17)14(4)19/h5-9,13-14H,10H2,1-4H3,(H,20,21). The van der Waals surface area contributed by atoms with Crippen LogP contribution in [0.25, 0.3) is 0 Å². The minimum atomic E-state index is -0.274. The number of hydrogen-bond acceptors (Lipinski definition) is 3. The molecule has 1 amide bonds. The van der Waals surface area contributed by atoms with Gasteiger partial charge in [-0.2, -0.15) is 0 Å². The van der Waals surface area contributed by atoms with Gasteiger partial charge >= 0.3 is 0 Å². The predicted molar refractivity (Wildman–Crippen MR) is 91.3 cm³/mol. The van der Waals surface area contributed by atoms with Crippen LogP contribution in [0.3, 0.4) is 0 Å². The molecule has 0 radical (unpaired) electrons. The van der Waals surface area contributed by atoms with Gasteiger partial charge in [-0.3, -0.25) is 4.79 Å². The first-order chi connectivity index (χ1) is 10.9. The molecule has 23 heavy (non-hydrogen) atoms. The molecule has 1 aromatic carbocycles. The molecule has 2 atom stereocenters. The van der Waals surface area contributed by atoms with E-state index in [1.54, 1.807) is 19.1 Å². The van der Waals surface area contributed by atoms with Crippen LogP contribution in [0, 0.1) is 13.8 Å². The molecule has 0 bridgehead atoms. The fourth-order valence-electron chi connectivity index (χ4n) is 2.07. The molecule has 1 heterocycles. The van der Waals surface area contributed by atoms with Gasteiger partial charge in [0.15, 0.2) is 5.76 Å². The van der Waals surface area contributed by atoms with Crippen LogP contribution in [-0.2, 0) is 0 Å². The summed E-state index contributed by atoms with van der Waals surface area (Å²) >= 11 is 5.92. The van der Waals surface area contributed by atoms with Gasteiger partial charge in [-0.25, -0.2) is 0 Å². The molecule has 124 valence electrons. The molecule has 0 spiro atoms. The highest BCUT2D eigenvalue weighted by molar-refractivity contribution is 6.20. The van der Waals surface area contributed by atoms with Crippen molar-refractivity contribution in [1.82, 2.24) is 5.32 Å². The lowest BCUT2D eigenvalue weighted by molar-refractivity contribution is 0.0903. The number of nitrogens with one attached hydrogen (secondary N) is 1. The summed E-state index contributed by atoms with van der Waals surface area (Å²) in [6.07, 6.45) is -0.151. The molecule has 0 fully saturated rings. The van der Waals surface area contributed by atoms with E-state index in [9.17, 15) is 4.79 Å². The molecule has 2 aromatic rings. The van der Waals surface area contributed by atoms with Crippen molar-refractivity contribution in [2.75, 3.05) is 6.54 Å². The normalized spacial score (nSPS) is 13.4. The number of alkyl halides is 1. The average molecular weight is 336 g/mol. The summed E-state index contributed by atoms with van der Waals surface area (Å²) in [5.41, 5.74) is 2.40. The van der Waals surface area contributed by atoms with E-state index in [0.717, 1.165) is 5.75 Å². The summed E-state index contributed by atoms with van der Waals surface area (Å²) in [5, 5.41) is 2.54. The van der Waals surface area contributed by atoms with Crippen molar-refractivity contribution in [2.24, 2.45) is 0 Å². The predicted octanol–water partition coefficient (Wildman–Crippen LogP) is 4.39.